The molecule has 1 aromatic carbocycles. The predicted octanol–water partition coefficient (Wildman–Crippen LogP) is 4.29. The van der Waals surface area contributed by atoms with E-state index in [-0.39, 0.29) is 6.61 Å². The van der Waals surface area contributed by atoms with E-state index in [1.165, 1.54) is 6.07 Å². The number of hydrogen-bond acceptors (Lipinski definition) is 4. The molecule has 0 aliphatic heterocycles. The van der Waals surface area contributed by atoms with Gasteiger partial charge in [0.15, 0.2) is 11.6 Å². The standard InChI is InChI=1S/C20H21F2N3OS/c1-23-19(27)20(15-5-4-10-24-12-15)9-3-2-6-18(20)25-26-13-14-7-8-16(21)17(22)11-14/h4-5,7-8,10-12H,2-3,6,9,13H2,1H3,(H,23,27). The zero-order valence-corrected chi connectivity index (χ0v) is 15.9. The summed E-state index contributed by atoms with van der Waals surface area (Å²) in [5.74, 6) is -1.78. The van der Waals surface area contributed by atoms with Crippen LogP contribution >= 0.6 is 12.2 Å². The molecule has 1 fully saturated rings. The van der Waals surface area contributed by atoms with Gasteiger partial charge in [-0.3, -0.25) is 4.98 Å². The second-order valence-corrected chi connectivity index (χ2v) is 6.90. The van der Waals surface area contributed by atoms with Crippen LogP contribution in [0.25, 0.3) is 0 Å². The van der Waals surface area contributed by atoms with Crippen molar-refractivity contribution in [1.82, 2.24) is 10.3 Å². The molecule has 1 aromatic heterocycles. The van der Waals surface area contributed by atoms with Crippen LogP contribution in [0.5, 0.6) is 0 Å². The number of rotatable bonds is 5. The van der Waals surface area contributed by atoms with Crippen molar-refractivity contribution < 1.29 is 13.6 Å². The monoisotopic (exact) mass is 389 g/mol. The van der Waals surface area contributed by atoms with Crippen molar-refractivity contribution >= 4 is 22.9 Å². The third kappa shape index (κ3) is 3.98. The van der Waals surface area contributed by atoms with Crippen molar-refractivity contribution in [2.24, 2.45) is 5.16 Å². The maximum Gasteiger partial charge on any atom is 0.159 e. The number of nitrogens with one attached hydrogen (secondary N) is 1. The Morgan fingerprint density at radius 1 is 1.30 bits per heavy atom. The lowest BCUT2D eigenvalue weighted by molar-refractivity contribution is 0.127. The number of benzene rings is 1. The number of oxime groups is 1. The van der Waals surface area contributed by atoms with Crippen molar-refractivity contribution in [2.45, 2.75) is 37.7 Å². The summed E-state index contributed by atoms with van der Waals surface area (Å²) in [6.45, 7) is 0.0517. The molecule has 1 N–H and O–H groups in total. The fraction of sp³-hybridized carbons (Fsp3) is 0.350. The minimum Gasteiger partial charge on any atom is -0.391 e. The molecule has 0 radical (unpaired) electrons. The fourth-order valence-electron chi connectivity index (χ4n) is 3.49. The van der Waals surface area contributed by atoms with Crippen molar-refractivity contribution in [1.29, 1.82) is 0 Å². The highest BCUT2D eigenvalue weighted by molar-refractivity contribution is 7.80. The molecular formula is C20H21F2N3OS. The van der Waals surface area contributed by atoms with Gasteiger partial charge in [-0.25, -0.2) is 8.78 Å². The smallest absolute Gasteiger partial charge is 0.159 e. The van der Waals surface area contributed by atoms with Gasteiger partial charge in [0.2, 0.25) is 0 Å². The zero-order valence-electron chi connectivity index (χ0n) is 15.0. The SMILES string of the molecule is CNC(=S)C1(c2cccnc2)CCCCC1=NOCc1ccc(F)c(F)c1. The molecule has 1 unspecified atom stereocenters. The van der Waals surface area contributed by atoms with Crippen LogP contribution < -0.4 is 5.32 Å². The molecule has 7 heteroatoms. The van der Waals surface area contributed by atoms with Gasteiger partial charge in [-0.05, 0) is 48.6 Å². The molecule has 1 aliphatic carbocycles. The lowest BCUT2D eigenvalue weighted by Gasteiger charge is -2.38. The first-order valence-electron chi connectivity index (χ1n) is 8.84. The normalized spacial score (nSPS) is 21.1. The summed E-state index contributed by atoms with van der Waals surface area (Å²) in [6, 6.07) is 7.55. The first-order chi connectivity index (χ1) is 13.1. The topological polar surface area (TPSA) is 46.5 Å². The molecule has 142 valence electrons. The molecule has 4 nitrogen and oxygen atoms in total. The highest BCUT2D eigenvalue weighted by Gasteiger charge is 2.44. The maximum atomic E-state index is 13.4. The van der Waals surface area contributed by atoms with Gasteiger partial charge in [0.1, 0.15) is 6.61 Å². The van der Waals surface area contributed by atoms with E-state index in [1.54, 1.807) is 19.4 Å². The molecule has 1 aliphatic rings. The van der Waals surface area contributed by atoms with Gasteiger partial charge in [-0.1, -0.05) is 35.9 Å². The van der Waals surface area contributed by atoms with E-state index in [0.717, 1.165) is 49.1 Å². The van der Waals surface area contributed by atoms with Gasteiger partial charge >= 0.3 is 0 Å². The third-order valence-electron chi connectivity index (χ3n) is 4.87. The van der Waals surface area contributed by atoms with E-state index >= 15 is 0 Å². The molecule has 3 rings (SSSR count). The molecule has 0 bridgehead atoms. The Morgan fingerprint density at radius 2 is 2.15 bits per heavy atom. The maximum absolute atomic E-state index is 13.4. The van der Waals surface area contributed by atoms with Crippen molar-refractivity contribution in [3.63, 3.8) is 0 Å². The minimum absolute atomic E-state index is 0.0517. The van der Waals surface area contributed by atoms with E-state index in [0.29, 0.717) is 10.6 Å². The van der Waals surface area contributed by atoms with Crippen molar-refractivity contribution in [3.8, 4) is 0 Å². The lowest BCUT2D eigenvalue weighted by Crippen LogP contribution is -2.50. The quantitative estimate of drug-likeness (QED) is 0.612. The average molecular weight is 389 g/mol. The van der Waals surface area contributed by atoms with Gasteiger partial charge in [-0.15, -0.1) is 0 Å². The van der Waals surface area contributed by atoms with E-state index in [1.807, 2.05) is 12.1 Å². The molecule has 1 atom stereocenters. The second kappa shape index (κ2) is 8.52. The highest BCUT2D eigenvalue weighted by atomic mass is 32.1. The summed E-state index contributed by atoms with van der Waals surface area (Å²) in [7, 11) is 1.80. The van der Waals surface area contributed by atoms with Gasteiger partial charge in [0.05, 0.1) is 16.1 Å². The van der Waals surface area contributed by atoms with E-state index in [2.05, 4.69) is 15.5 Å². The largest absolute Gasteiger partial charge is 0.391 e. The fourth-order valence-corrected chi connectivity index (χ4v) is 3.83. The Labute approximate surface area is 162 Å². The Hall–Kier alpha value is -2.41. The van der Waals surface area contributed by atoms with Crippen LogP contribution in [-0.4, -0.2) is 22.7 Å². The Balaban J connectivity index is 1.89. The van der Waals surface area contributed by atoms with E-state index in [9.17, 15) is 8.78 Å². The van der Waals surface area contributed by atoms with Crippen LogP contribution in [0, 0.1) is 11.6 Å². The molecule has 0 spiro atoms. The van der Waals surface area contributed by atoms with Crippen LogP contribution in [0.3, 0.4) is 0 Å². The first kappa shape index (κ1) is 19.4. The Bertz CT molecular complexity index is 844. The summed E-state index contributed by atoms with van der Waals surface area (Å²) >= 11 is 5.66. The van der Waals surface area contributed by atoms with Crippen LogP contribution in [0.4, 0.5) is 8.78 Å². The number of nitrogens with zero attached hydrogens (tertiary/aromatic N) is 2. The summed E-state index contributed by atoms with van der Waals surface area (Å²) in [5.41, 5.74) is 1.74. The van der Waals surface area contributed by atoms with Crippen LogP contribution in [0.2, 0.25) is 0 Å². The number of halogens is 2. The first-order valence-corrected chi connectivity index (χ1v) is 9.24. The number of thiocarbonyl (C=S) groups is 1. The third-order valence-corrected chi connectivity index (χ3v) is 5.42. The molecule has 1 heterocycles. The minimum atomic E-state index is -0.900. The predicted molar refractivity (Wildman–Crippen MR) is 105 cm³/mol. The van der Waals surface area contributed by atoms with Crippen molar-refractivity contribution in [2.75, 3.05) is 7.05 Å². The molecule has 0 saturated heterocycles. The van der Waals surface area contributed by atoms with Crippen LogP contribution in [0.1, 0.15) is 36.8 Å². The Morgan fingerprint density at radius 3 is 2.85 bits per heavy atom. The number of pyridine rings is 1. The summed E-state index contributed by atoms with van der Waals surface area (Å²) < 4.78 is 26.4. The molecule has 27 heavy (non-hydrogen) atoms. The molecule has 0 amide bonds. The Kier molecular flexibility index (Phi) is 6.11. The summed E-state index contributed by atoms with van der Waals surface area (Å²) in [4.78, 5) is 10.4. The second-order valence-electron chi connectivity index (χ2n) is 6.49. The van der Waals surface area contributed by atoms with E-state index < -0.39 is 17.0 Å². The van der Waals surface area contributed by atoms with Crippen molar-refractivity contribution in [3.05, 3.63) is 65.5 Å². The molecule has 1 saturated carbocycles. The molecular weight excluding hydrogens is 368 g/mol. The van der Waals surface area contributed by atoms with Gasteiger partial charge in [-0.2, -0.15) is 0 Å². The van der Waals surface area contributed by atoms with Crippen LogP contribution in [-0.2, 0) is 16.9 Å². The van der Waals surface area contributed by atoms with Gasteiger partial charge in [0, 0.05) is 19.4 Å². The summed E-state index contributed by atoms with van der Waals surface area (Å²) in [6.07, 6.45) is 7.08. The number of likely N-dealkylation sites (N-methyl/N-ethyl adjacent to an activating group) is 1. The van der Waals surface area contributed by atoms with E-state index in [4.69, 9.17) is 17.1 Å². The zero-order chi connectivity index (χ0) is 19.3. The summed E-state index contributed by atoms with van der Waals surface area (Å²) in [5, 5.41) is 7.48. The van der Waals surface area contributed by atoms with Crippen LogP contribution in [0.15, 0.2) is 47.9 Å². The van der Waals surface area contributed by atoms with Gasteiger partial charge < -0.3 is 10.2 Å². The number of aromatic nitrogens is 1. The highest BCUT2D eigenvalue weighted by Crippen LogP contribution is 2.38. The van der Waals surface area contributed by atoms with Gasteiger partial charge in [0.25, 0.3) is 0 Å². The number of hydrogen-bond donors (Lipinski definition) is 1. The molecule has 2 aromatic rings. The average Bonchev–Trinajstić information content (AvgIpc) is 2.71. The lowest BCUT2D eigenvalue weighted by atomic mass is 9.68.